The monoisotopic (exact) mass is 257 g/mol. The molecule has 1 aromatic rings. The Morgan fingerprint density at radius 1 is 1.53 bits per heavy atom. The second kappa shape index (κ2) is 5.62. The molecule has 1 aromatic heterocycles. The maximum Gasteiger partial charge on any atom is 0.252 e. The van der Waals surface area contributed by atoms with Gasteiger partial charge < -0.3 is 11.1 Å². The molecule has 94 valence electrons. The fourth-order valence-electron chi connectivity index (χ4n) is 1.21. The van der Waals surface area contributed by atoms with Gasteiger partial charge in [0.2, 0.25) is 0 Å². The normalized spacial score (nSPS) is 11.1. The molecule has 0 bridgehead atoms. The van der Waals surface area contributed by atoms with Crippen LogP contribution in [0.5, 0.6) is 0 Å². The fraction of sp³-hybridized carbons (Fsp3) is 0.400. The standard InChI is InChI=1S/C10H15N3O3S/c1-2-17(15,16)7-6-13-10-8(9(11)14)4-3-5-12-10/h3-5H,2,6-7H2,1H3,(H2,11,14)(H,12,13). The number of carbonyl (C=O) groups is 1. The predicted molar refractivity (Wildman–Crippen MR) is 65.6 cm³/mol. The lowest BCUT2D eigenvalue weighted by atomic mass is 10.2. The van der Waals surface area contributed by atoms with E-state index in [1.807, 2.05) is 0 Å². The topological polar surface area (TPSA) is 102 Å². The number of nitrogens with two attached hydrogens (primary N) is 1. The van der Waals surface area contributed by atoms with Crippen LogP contribution in [-0.4, -0.2) is 37.4 Å². The van der Waals surface area contributed by atoms with Crippen molar-refractivity contribution in [3.8, 4) is 0 Å². The van der Waals surface area contributed by atoms with Crippen LogP contribution < -0.4 is 11.1 Å². The largest absolute Gasteiger partial charge is 0.368 e. The van der Waals surface area contributed by atoms with Gasteiger partial charge in [0, 0.05) is 18.5 Å². The summed E-state index contributed by atoms with van der Waals surface area (Å²) >= 11 is 0. The summed E-state index contributed by atoms with van der Waals surface area (Å²) in [5, 5.41) is 2.79. The van der Waals surface area contributed by atoms with Crippen LogP contribution in [0.15, 0.2) is 18.3 Å². The Bertz CT molecular complexity index is 499. The van der Waals surface area contributed by atoms with Crippen molar-refractivity contribution in [1.29, 1.82) is 0 Å². The fourth-order valence-corrected chi connectivity index (χ4v) is 1.92. The van der Waals surface area contributed by atoms with Crippen molar-refractivity contribution in [2.75, 3.05) is 23.4 Å². The first-order chi connectivity index (χ1) is 7.96. The van der Waals surface area contributed by atoms with E-state index < -0.39 is 15.7 Å². The third-order valence-corrected chi connectivity index (χ3v) is 3.92. The summed E-state index contributed by atoms with van der Waals surface area (Å²) in [6, 6.07) is 3.13. The minimum absolute atomic E-state index is 0.00171. The maximum atomic E-state index is 11.3. The molecule has 0 unspecified atom stereocenters. The Kier molecular flexibility index (Phi) is 4.45. The molecule has 17 heavy (non-hydrogen) atoms. The van der Waals surface area contributed by atoms with E-state index in [9.17, 15) is 13.2 Å². The summed E-state index contributed by atoms with van der Waals surface area (Å²) in [4.78, 5) is 15.0. The summed E-state index contributed by atoms with van der Waals surface area (Å²) < 4.78 is 22.5. The van der Waals surface area contributed by atoms with Crippen LogP contribution in [0.1, 0.15) is 17.3 Å². The molecule has 6 nitrogen and oxygen atoms in total. The Hall–Kier alpha value is -1.63. The van der Waals surface area contributed by atoms with Gasteiger partial charge in [-0.1, -0.05) is 6.92 Å². The van der Waals surface area contributed by atoms with E-state index >= 15 is 0 Å². The summed E-state index contributed by atoms with van der Waals surface area (Å²) in [7, 11) is -3.03. The van der Waals surface area contributed by atoms with Crippen LogP contribution in [0.25, 0.3) is 0 Å². The molecule has 1 amide bonds. The minimum Gasteiger partial charge on any atom is -0.368 e. The quantitative estimate of drug-likeness (QED) is 0.748. The van der Waals surface area contributed by atoms with E-state index in [1.54, 1.807) is 13.0 Å². The predicted octanol–water partition coefficient (Wildman–Crippen LogP) is 0.0271. The summed E-state index contributed by atoms with van der Waals surface area (Å²) in [5.41, 5.74) is 5.41. The average molecular weight is 257 g/mol. The number of anilines is 1. The number of pyridine rings is 1. The number of aromatic nitrogens is 1. The molecule has 0 aliphatic heterocycles. The van der Waals surface area contributed by atoms with Crippen LogP contribution in [0.3, 0.4) is 0 Å². The SMILES string of the molecule is CCS(=O)(=O)CCNc1ncccc1C(N)=O. The Labute approximate surface area is 100 Å². The van der Waals surface area contributed by atoms with Gasteiger partial charge in [0.15, 0.2) is 9.84 Å². The van der Waals surface area contributed by atoms with Crippen molar-refractivity contribution in [2.45, 2.75) is 6.92 Å². The number of hydrogen-bond donors (Lipinski definition) is 2. The van der Waals surface area contributed by atoms with Crippen molar-refractivity contribution in [3.63, 3.8) is 0 Å². The lowest BCUT2D eigenvalue weighted by Crippen LogP contribution is -2.20. The molecule has 1 rings (SSSR count). The van der Waals surface area contributed by atoms with E-state index in [4.69, 9.17) is 5.73 Å². The molecule has 3 N–H and O–H groups in total. The van der Waals surface area contributed by atoms with Crippen molar-refractivity contribution in [3.05, 3.63) is 23.9 Å². The molecule has 0 aliphatic carbocycles. The van der Waals surface area contributed by atoms with Crippen molar-refractivity contribution >= 4 is 21.6 Å². The Morgan fingerprint density at radius 2 is 2.24 bits per heavy atom. The number of carbonyl (C=O) groups excluding carboxylic acids is 1. The number of nitrogens with zero attached hydrogens (tertiary/aromatic N) is 1. The number of rotatable bonds is 6. The van der Waals surface area contributed by atoms with Crippen LogP contribution in [0.4, 0.5) is 5.82 Å². The summed E-state index contributed by atoms with van der Waals surface area (Å²) in [5.74, 6) is -0.192. The highest BCUT2D eigenvalue weighted by atomic mass is 32.2. The van der Waals surface area contributed by atoms with E-state index in [-0.39, 0.29) is 23.6 Å². The minimum atomic E-state index is -3.03. The van der Waals surface area contributed by atoms with Gasteiger partial charge in [0.05, 0.1) is 11.3 Å². The van der Waals surface area contributed by atoms with Gasteiger partial charge >= 0.3 is 0 Å². The molecule has 0 aromatic carbocycles. The molecular formula is C10H15N3O3S. The summed E-state index contributed by atoms with van der Waals surface area (Å²) in [6.45, 7) is 1.79. The molecule has 0 fully saturated rings. The van der Waals surface area contributed by atoms with Gasteiger partial charge in [-0.05, 0) is 12.1 Å². The van der Waals surface area contributed by atoms with Crippen molar-refractivity contribution < 1.29 is 13.2 Å². The molecule has 0 saturated carbocycles. The van der Waals surface area contributed by atoms with E-state index in [0.29, 0.717) is 5.82 Å². The zero-order valence-corrected chi connectivity index (χ0v) is 10.3. The molecule has 0 aliphatic rings. The Balaban J connectivity index is 2.67. The van der Waals surface area contributed by atoms with Crippen LogP contribution >= 0.6 is 0 Å². The van der Waals surface area contributed by atoms with Gasteiger partial charge in [-0.15, -0.1) is 0 Å². The highest BCUT2D eigenvalue weighted by Crippen LogP contribution is 2.09. The molecule has 0 atom stereocenters. The number of nitrogens with one attached hydrogen (secondary N) is 1. The first-order valence-electron chi connectivity index (χ1n) is 5.15. The van der Waals surface area contributed by atoms with Gasteiger partial charge in [-0.3, -0.25) is 4.79 Å². The van der Waals surface area contributed by atoms with Gasteiger partial charge in [-0.2, -0.15) is 0 Å². The Morgan fingerprint density at radius 3 is 2.82 bits per heavy atom. The molecular weight excluding hydrogens is 242 g/mol. The number of primary amides is 1. The van der Waals surface area contributed by atoms with Crippen LogP contribution in [0, 0.1) is 0 Å². The number of amides is 1. The van der Waals surface area contributed by atoms with Gasteiger partial charge in [0.25, 0.3) is 5.91 Å². The van der Waals surface area contributed by atoms with E-state index in [1.165, 1.54) is 12.3 Å². The van der Waals surface area contributed by atoms with Gasteiger partial charge in [0.1, 0.15) is 5.82 Å². The zero-order valence-electron chi connectivity index (χ0n) is 9.51. The summed E-state index contributed by atoms with van der Waals surface area (Å²) in [6.07, 6.45) is 1.50. The first-order valence-corrected chi connectivity index (χ1v) is 6.97. The second-order valence-corrected chi connectivity index (χ2v) is 5.90. The zero-order chi connectivity index (χ0) is 12.9. The van der Waals surface area contributed by atoms with E-state index in [0.717, 1.165) is 0 Å². The third kappa shape index (κ3) is 4.03. The maximum absolute atomic E-state index is 11.3. The molecule has 7 heteroatoms. The molecule has 0 spiro atoms. The van der Waals surface area contributed by atoms with Crippen molar-refractivity contribution in [1.82, 2.24) is 4.98 Å². The highest BCUT2D eigenvalue weighted by molar-refractivity contribution is 7.91. The molecule has 0 radical (unpaired) electrons. The first kappa shape index (κ1) is 13.4. The van der Waals surface area contributed by atoms with Crippen LogP contribution in [-0.2, 0) is 9.84 Å². The third-order valence-electron chi connectivity index (χ3n) is 2.22. The average Bonchev–Trinajstić information content (AvgIpc) is 2.29. The number of sulfone groups is 1. The lowest BCUT2D eigenvalue weighted by molar-refractivity contribution is 0.100. The smallest absolute Gasteiger partial charge is 0.252 e. The highest BCUT2D eigenvalue weighted by Gasteiger charge is 2.10. The van der Waals surface area contributed by atoms with Crippen LogP contribution in [0.2, 0.25) is 0 Å². The second-order valence-electron chi connectivity index (χ2n) is 3.43. The molecule has 1 heterocycles. The number of hydrogen-bond acceptors (Lipinski definition) is 5. The van der Waals surface area contributed by atoms with E-state index in [2.05, 4.69) is 10.3 Å². The lowest BCUT2D eigenvalue weighted by Gasteiger charge is -2.08. The van der Waals surface area contributed by atoms with Crippen molar-refractivity contribution in [2.24, 2.45) is 5.73 Å². The van der Waals surface area contributed by atoms with Gasteiger partial charge in [-0.25, -0.2) is 13.4 Å². The molecule has 0 saturated heterocycles.